The molecule has 0 saturated heterocycles. The molecule has 19 heavy (non-hydrogen) atoms. The van der Waals surface area contributed by atoms with Crippen LogP contribution in [0.15, 0.2) is 18.2 Å². The minimum Gasteiger partial charge on any atom is -0.436 e. The summed E-state index contributed by atoms with van der Waals surface area (Å²) in [6.07, 6.45) is 0. The van der Waals surface area contributed by atoms with E-state index < -0.39 is 11.6 Å². The fourth-order valence-electron chi connectivity index (χ4n) is 1.71. The molecule has 2 N–H and O–H groups in total. The lowest BCUT2D eigenvalue weighted by atomic mass is 10.1. The molecular formula is C14H14F2N2O. The lowest BCUT2D eigenvalue weighted by Crippen LogP contribution is -2.02. The maximum Gasteiger partial charge on any atom is 0.258 e. The number of hydrogen-bond acceptors (Lipinski definition) is 3. The van der Waals surface area contributed by atoms with Crippen LogP contribution >= 0.6 is 0 Å². The van der Waals surface area contributed by atoms with Gasteiger partial charge in [-0.05, 0) is 37.5 Å². The van der Waals surface area contributed by atoms with Crippen molar-refractivity contribution in [3.63, 3.8) is 0 Å². The molecule has 100 valence electrons. The van der Waals surface area contributed by atoms with E-state index in [0.717, 1.165) is 16.7 Å². The van der Waals surface area contributed by atoms with E-state index in [9.17, 15) is 8.78 Å². The highest BCUT2D eigenvalue weighted by Gasteiger charge is 2.15. The van der Waals surface area contributed by atoms with Crippen molar-refractivity contribution in [2.24, 2.45) is 0 Å². The Bertz CT molecular complexity index is 642. The Hall–Kier alpha value is -2.17. The molecule has 2 rings (SSSR count). The summed E-state index contributed by atoms with van der Waals surface area (Å²) >= 11 is 0. The van der Waals surface area contributed by atoms with Gasteiger partial charge in [-0.1, -0.05) is 12.1 Å². The largest absolute Gasteiger partial charge is 0.436 e. The fourth-order valence-corrected chi connectivity index (χ4v) is 1.71. The van der Waals surface area contributed by atoms with Gasteiger partial charge in [0.1, 0.15) is 5.75 Å². The molecule has 0 aliphatic heterocycles. The van der Waals surface area contributed by atoms with E-state index in [4.69, 9.17) is 10.5 Å². The Morgan fingerprint density at radius 2 is 1.68 bits per heavy atom. The Morgan fingerprint density at radius 3 is 2.37 bits per heavy atom. The molecule has 3 nitrogen and oxygen atoms in total. The van der Waals surface area contributed by atoms with E-state index in [2.05, 4.69) is 4.98 Å². The van der Waals surface area contributed by atoms with Crippen LogP contribution in [0.1, 0.15) is 16.7 Å². The summed E-state index contributed by atoms with van der Waals surface area (Å²) < 4.78 is 32.1. The first-order valence-electron chi connectivity index (χ1n) is 5.76. The van der Waals surface area contributed by atoms with Crippen LogP contribution in [-0.4, -0.2) is 4.98 Å². The molecule has 1 aromatic heterocycles. The minimum atomic E-state index is -0.900. The molecule has 5 heteroatoms. The SMILES string of the molecule is Cc1ccc(C)c(Oc2nc(N)c(F)cc2F)c1C. The van der Waals surface area contributed by atoms with Crippen LogP contribution in [0, 0.1) is 32.4 Å². The van der Waals surface area contributed by atoms with Gasteiger partial charge in [-0.2, -0.15) is 4.98 Å². The summed E-state index contributed by atoms with van der Waals surface area (Å²) in [4.78, 5) is 3.58. The Kier molecular flexibility index (Phi) is 3.38. The minimum absolute atomic E-state index is 0.323. The van der Waals surface area contributed by atoms with Crippen molar-refractivity contribution in [1.29, 1.82) is 0 Å². The van der Waals surface area contributed by atoms with Gasteiger partial charge in [0.05, 0.1) is 0 Å². The average molecular weight is 264 g/mol. The maximum atomic E-state index is 13.6. The third-order valence-electron chi connectivity index (χ3n) is 3.00. The van der Waals surface area contributed by atoms with Crippen molar-refractivity contribution in [2.75, 3.05) is 5.73 Å². The summed E-state index contributed by atoms with van der Waals surface area (Å²) in [6, 6.07) is 4.47. The molecule has 0 aliphatic carbocycles. The van der Waals surface area contributed by atoms with Crippen molar-refractivity contribution in [2.45, 2.75) is 20.8 Å². The van der Waals surface area contributed by atoms with Gasteiger partial charge in [0.2, 0.25) is 0 Å². The highest BCUT2D eigenvalue weighted by atomic mass is 19.1. The molecule has 0 aliphatic rings. The summed E-state index contributed by atoms with van der Waals surface area (Å²) in [5.41, 5.74) is 8.05. The second-order valence-corrected chi connectivity index (χ2v) is 4.40. The van der Waals surface area contributed by atoms with Crippen LogP contribution in [0.4, 0.5) is 14.6 Å². The molecular weight excluding hydrogens is 250 g/mol. The van der Waals surface area contributed by atoms with Crippen molar-refractivity contribution < 1.29 is 13.5 Å². The van der Waals surface area contributed by atoms with E-state index in [-0.39, 0.29) is 11.7 Å². The molecule has 2 aromatic rings. The molecule has 1 heterocycles. The molecule has 0 amide bonds. The Balaban J connectivity index is 2.48. The zero-order chi connectivity index (χ0) is 14.2. The van der Waals surface area contributed by atoms with E-state index in [1.165, 1.54) is 0 Å². The van der Waals surface area contributed by atoms with Gasteiger partial charge in [-0.3, -0.25) is 0 Å². The number of nitrogens with zero attached hydrogens (tertiary/aromatic N) is 1. The number of nitrogens with two attached hydrogens (primary N) is 1. The summed E-state index contributed by atoms with van der Waals surface area (Å²) in [5, 5.41) is 0. The number of hydrogen-bond donors (Lipinski definition) is 1. The van der Waals surface area contributed by atoms with E-state index >= 15 is 0 Å². The van der Waals surface area contributed by atoms with Gasteiger partial charge < -0.3 is 10.5 Å². The first-order valence-corrected chi connectivity index (χ1v) is 5.76. The second-order valence-electron chi connectivity index (χ2n) is 4.40. The standard InChI is InChI=1S/C14H14F2N2O/c1-7-4-5-8(2)12(9(7)3)19-14-11(16)6-10(15)13(17)18-14/h4-6H,1-3H3,(H2,17,18). The number of anilines is 1. The van der Waals surface area contributed by atoms with Gasteiger partial charge in [0.25, 0.3) is 5.88 Å². The first kappa shape index (κ1) is 13.3. The van der Waals surface area contributed by atoms with Gasteiger partial charge in [-0.15, -0.1) is 0 Å². The van der Waals surface area contributed by atoms with Gasteiger partial charge in [-0.25, -0.2) is 8.78 Å². The highest BCUT2D eigenvalue weighted by molar-refractivity contribution is 5.47. The zero-order valence-corrected chi connectivity index (χ0v) is 10.9. The van der Waals surface area contributed by atoms with Crippen molar-refractivity contribution in [3.8, 4) is 11.6 Å². The topological polar surface area (TPSA) is 48.1 Å². The van der Waals surface area contributed by atoms with E-state index in [1.54, 1.807) is 0 Å². The molecule has 0 saturated carbocycles. The predicted octanol–water partition coefficient (Wildman–Crippen LogP) is 3.66. The molecule has 0 spiro atoms. The number of pyridine rings is 1. The van der Waals surface area contributed by atoms with E-state index in [1.807, 2.05) is 32.9 Å². The quantitative estimate of drug-likeness (QED) is 0.900. The third-order valence-corrected chi connectivity index (χ3v) is 3.00. The van der Waals surface area contributed by atoms with E-state index in [0.29, 0.717) is 11.8 Å². The van der Waals surface area contributed by atoms with Crippen molar-refractivity contribution in [1.82, 2.24) is 4.98 Å². The number of halogens is 2. The number of nitrogen functional groups attached to an aromatic ring is 1. The number of rotatable bonds is 2. The average Bonchev–Trinajstić information content (AvgIpc) is 2.36. The van der Waals surface area contributed by atoms with Crippen molar-refractivity contribution >= 4 is 5.82 Å². The lowest BCUT2D eigenvalue weighted by Gasteiger charge is -2.13. The Morgan fingerprint density at radius 1 is 1.05 bits per heavy atom. The number of benzene rings is 1. The van der Waals surface area contributed by atoms with Crippen LogP contribution < -0.4 is 10.5 Å². The molecule has 0 fully saturated rings. The number of ether oxygens (including phenoxy) is 1. The molecule has 0 unspecified atom stereocenters. The lowest BCUT2D eigenvalue weighted by molar-refractivity contribution is 0.413. The van der Waals surface area contributed by atoms with Crippen LogP contribution in [-0.2, 0) is 0 Å². The van der Waals surface area contributed by atoms with Gasteiger partial charge in [0.15, 0.2) is 17.5 Å². The summed E-state index contributed by atoms with van der Waals surface area (Å²) in [5.74, 6) is -1.98. The van der Waals surface area contributed by atoms with Crippen LogP contribution in [0.2, 0.25) is 0 Å². The Labute approximate surface area is 110 Å². The fraction of sp³-hybridized carbons (Fsp3) is 0.214. The third kappa shape index (κ3) is 2.50. The van der Waals surface area contributed by atoms with Gasteiger partial charge >= 0.3 is 0 Å². The predicted molar refractivity (Wildman–Crippen MR) is 69.3 cm³/mol. The number of aromatic nitrogens is 1. The molecule has 1 aromatic carbocycles. The van der Waals surface area contributed by atoms with Crippen molar-refractivity contribution in [3.05, 3.63) is 46.5 Å². The molecule has 0 radical (unpaired) electrons. The summed E-state index contributed by atoms with van der Waals surface area (Å²) in [7, 11) is 0. The molecule has 0 bridgehead atoms. The maximum absolute atomic E-state index is 13.6. The van der Waals surface area contributed by atoms with Crippen LogP contribution in [0.3, 0.4) is 0 Å². The summed E-state index contributed by atoms with van der Waals surface area (Å²) in [6.45, 7) is 5.62. The number of aryl methyl sites for hydroxylation is 2. The van der Waals surface area contributed by atoms with Crippen LogP contribution in [0.25, 0.3) is 0 Å². The smallest absolute Gasteiger partial charge is 0.258 e. The second kappa shape index (κ2) is 4.84. The highest BCUT2D eigenvalue weighted by Crippen LogP contribution is 2.31. The first-order chi connectivity index (χ1) is 8.90. The monoisotopic (exact) mass is 264 g/mol. The van der Waals surface area contributed by atoms with Crippen LogP contribution in [0.5, 0.6) is 11.6 Å². The molecule has 0 atom stereocenters. The normalized spacial score (nSPS) is 10.6. The zero-order valence-electron chi connectivity index (χ0n) is 10.9. The van der Waals surface area contributed by atoms with Gasteiger partial charge in [0, 0.05) is 6.07 Å².